The van der Waals surface area contributed by atoms with E-state index in [2.05, 4.69) is 4.98 Å². The summed E-state index contributed by atoms with van der Waals surface area (Å²) in [7, 11) is 0. The van der Waals surface area contributed by atoms with E-state index in [1.165, 1.54) is 18.3 Å². The lowest BCUT2D eigenvalue weighted by Gasteiger charge is -2.37. The van der Waals surface area contributed by atoms with E-state index >= 15 is 0 Å². The van der Waals surface area contributed by atoms with E-state index in [4.69, 9.17) is 10.5 Å². The van der Waals surface area contributed by atoms with E-state index in [0.29, 0.717) is 55.7 Å². The van der Waals surface area contributed by atoms with Crippen LogP contribution in [-0.2, 0) is 9.53 Å². The van der Waals surface area contributed by atoms with Gasteiger partial charge in [-0.15, -0.1) is 0 Å². The summed E-state index contributed by atoms with van der Waals surface area (Å²) in [5, 5.41) is 0. The van der Waals surface area contributed by atoms with Crippen LogP contribution in [0, 0.1) is 11.6 Å². The van der Waals surface area contributed by atoms with Crippen LogP contribution in [0.1, 0.15) is 53.5 Å². The van der Waals surface area contributed by atoms with Gasteiger partial charge in [-0.1, -0.05) is 6.07 Å². The molecular formula is C24H24F2N4O3. The minimum atomic E-state index is -1.01. The Morgan fingerprint density at radius 3 is 2.58 bits per heavy atom. The molecule has 2 N–H and O–H groups in total. The average Bonchev–Trinajstić information content (AvgIpc) is 3.32. The molecule has 7 nitrogen and oxygen atoms in total. The van der Waals surface area contributed by atoms with Crippen LogP contribution in [0.25, 0.3) is 6.08 Å². The van der Waals surface area contributed by atoms with E-state index in [0.717, 1.165) is 6.07 Å². The van der Waals surface area contributed by atoms with Crippen LogP contribution in [-0.4, -0.2) is 51.5 Å². The zero-order chi connectivity index (χ0) is 23.2. The zero-order valence-electron chi connectivity index (χ0n) is 17.9. The summed E-state index contributed by atoms with van der Waals surface area (Å²) in [5.74, 6) is -1.71. The standard InChI is InChI=1S/C24H24F2N4O3/c25-16-12-15(13-17(26)14-16)20-4-5-21-30(20)23(32)24(33-21)7-10-29(11-8-24)22(31)19-3-1-2-18(28-19)6-9-27/h1-3,6,9,12-14,20-21H,4-5,7-8,10-11,27H2/b9-6-/t20-,21?/m0/s1. The number of halogens is 2. The number of ether oxygens (including phenoxy) is 1. The number of nitrogens with two attached hydrogens (primary N) is 1. The number of hydrogen-bond donors (Lipinski definition) is 1. The molecule has 1 spiro atoms. The van der Waals surface area contributed by atoms with Gasteiger partial charge in [0.15, 0.2) is 5.60 Å². The number of aromatic nitrogens is 1. The molecule has 2 aromatic rings. The Morgan fingerprint density at radius 1 is 1.15 bits per heavy atom. The van der Waals surface area contributed by atoms with Crippen molar-refractivity contribution < 1.29 is 23.1 Å². The SMILES string of the molecule is N/C=C\c1cccc(C(=O)N2CCC3(CC2)OC2CC[C@@H](c4cc(F)cc(F)c4)N2C3=O)n1. The molecule has 172 valence electrons. The third-order valence-electron chi connectivity index (χ3n) is 6.70. The molecule has 33 heavy (non-hydrogen) atoms. The summed E-state index contributed by atoms with van der Waals surface area (Å²) in [4.78, 5) is 34.0. The summed E-state index contributed by atoms with van der Waals surface area (Å²) >= 11 is 0. The van der Waals surface area contributed by atoms with Crippen molar-refractivity contribution in [3.8, 4) is 0 Å². The molecule has 4 heterocycles. The van der Waals surface area contributed by atoms with Gasteiger partial charge in [0.25, 0.3) is 11.8 Å². The van der Waals surface area contributed by atoms with Crippen LogP contribution >= 0.6 is 0 Å². The Kier molecular flexibility index (Phi) is 5.36. The lowest BCUT2D eigenvalue weighted by molar-refractivity contribution is -0.142. The fourth-order valence-electron chi connectivity index (χ4n) is 5.13. The molecule has 1 aromatic carbocycles. The Bertz CT molecular complexity index is 1110. The first-order valence-corrected chi connectivity index (χ1v) is 11.0. The molecule has 3 aliphatic rings. The maximum Gasteiger partial charge on any atom is 0.272 e. The smallest absolute Gasteiger partial charge is 0.272 e. The number of nitrogens with zero attached hydrogens (tertiary/aromatic N) is 3. The summed E-state index contributed by atoms with van der Waals surface area (Å²) < 4.78 is 33.8. The molecule has 2 atom stereocenters. The van der Waals surface area contributed by atoms with E-state index in [9.17, 15) is 18.4 Å². The minimum absolute atomic E-state index is 0.167. The van der Waals surface area contributed by atoms with Gasteiger partial charge in [0.05, 0.1) is 11.7 Å². The van der Waals surface area contributed by atoms with E-state index < -0.39 is 29.5 Å². The number of rotatable bonds is 3. The average molecular weight is 454 g/mol. The number of pyridine rings is 1. The van der Waals surface area contributed by atoms with Crippen LogP contribution in [0.15, 0.2) is 42.6 Å². The van der Waals surface area contributed by atoms with Crippen LogP contribution in [0.5, 0.6) is 0 Å². The highest BCUT2D eigenvalue weighted by atomic mass is 19.1. The van der Waals surface area contributed by atoms with E-state index in [1.54, 1.807) is 34.1 Å². The van der Waals surface area contributed by atoms with Gasteiger partial charge in [0.2, 0.25) is 0 Å². The first kappa shape index (κ1) is 21.5. The van der Waals surface area contributed by atoms with E-state index in [1.807, 2.05) is 0 Å². The van der Waals surface area contributed by atoms with Crippen molar-refractivity contribution >= 4 is 17.9 Å². The molecule has 0 bridgehead atoms. The molecule has 5 rings (SSSR count). The number of hydrogen-bond acceptors (Lipinski definition) is 5. The molecule has 0 saturated carbocycles. The maximum absolute atomic E-state index is 13.8. The van der Waals surface area contributed by atoms with Crippen LogP contribution in [0.4, 0.5) is 8.78 Å². The highest BCUT2D eigenvalue weighted by molar-refractivity contribution is 5.93. The number of amides is 2. The fourth-order valence-corrected chi connectivity index (χ4v) is 5.13. The summed E-state index contributed by atoms with van der Waals surface area (Å²) in [5.41, 5.74) is 5.74. The van der Waals surface area contributed by atoms with Gasteiger partial charge in [-0.3, -0.25) is 9.59 Å². The number of carbonyl (C=O) groups excluding carboxylic acids is 2. The number of piperidine rings is 1. The first-order valence-electron chi connectivity index (χ1n) is 11.0. The van der Waals surface area contributed by atoms with Crippen molar-refractivity contribution in [2.75, 3.05) is 13.1 Å². The monoisotopic (exact) mass is 454 g/mol. The Hall–Kier alpha value is -3.33. The molecule has 3 saturated heterocycles. The molecular weight excluding hydrogens is 430 g/mol. The lowest BCUT2D eigenvalue weighted by atomic mass is 9.89. The normalized spacial score (nSPS) is 24.1. The van der Waals surface area contributed by atoms with Gasteiger partial charge in [0.1, 0.15) is 23.6 Å². The van der Waals surface area contributed by atoms with Crippen LogP contribution < -0.4 is 5.73 Å². The van der Waals surface area contributed by atoms with Gasteiger partial charge < -0.3 is 20.3 Å². The highest BCUT2D eigenvalue weighted by Gasteiger charge is 2.58. The van der Waals surface area contributed by atoms with Crippen molar-refractivity contribution in [1.29, 1.82) is 0 Å². The Balaban J connectivity index is 1.30. The number of benzene rings is 1. The summed E-state index contributed by atoms with van der Waals surface area (Å²) in [6.45, 7) is 0.700. The topological polar surface area (TPSA) is 88.8 Å². The lowest BCUT2D eigenvalue weighted by Crippen LogP contribution is -2.51. The first-order chi connectivity index (χ1) is 15.9. The third kappa shape index (κ3) is 3.76. The molecule has 0 aliphatic carbocycles. The van der Waals surface area contributed by atoms with Crippen molar-refractivity contribution in [3.05, 3.63) is 71.2 Å². The molecule has 2 amide bonds. The Labute approximate surface area is 189 Å². The number of fused-ring (bicyclic) bond motifs is 1. The summed E-state index contributed by atoms with van der Waals surface area (Å²) in [6.07, 6.45) is 4.46. The Morgan fingerprint density at radius 2 is 1.88 bits per heavy atom. The van der Waals surface area contributed by atoms with Gasteiger partial charge in [-0.2, -0.15) is 0 Å². The largest absolute Gasteiger partial charge is 0.405 e. The van der Waals surface area contributed by atoms with Crippen molar-refractivity contribution in [3.63, 3.8) is 0 Å². The zero-order valence-corrected chi connectivity index (χ0v) is 17.9. The predicted octanol–water partition coefficient (Wildman–Crippen LogP) is 2.98. The van der Waals surface area contributed by atoms with E-state index in [-0.39, 0.29) is 11.8 Å². The van der Waals surface area contributed by atoms with Gasteiger partial charge in [-0.25, -0.2) is 13.8 Å². The molecule has 3 aliphatic heterocycles. The molecule has 1 aromatic heterocycles. The fraction of sp³-hybridized carbons (Fsp3) is 0.375. The van der Waals surface area contributed by atoms with Crippen molar-refractivity contribution in [2.45, 2.75) is 43.6 Å². The van der Waals surface area contributed by atoms with Gasteiger partial charge >= 0.3 is 0 Å². The minimum Gasteiger partial charge on any atom is -0.405 e. The van der Waals surface area contributed by atoms with Gasteiger partial charge in [-0.05, 0) is 54.9 Å². The summed E-state index contributed by atoms with van der Waals surface area (Å²) in [6, 6.07) is 8.10. The quantitative estimate of drug-likeness (QED) is 0.770. The number of carbonyl (C=O) groups is 2. The highest BCUT2D eigenvalue weighted by Crippen LogP contribution is 2.47. The number of likely N-dealkylation sites (tertiary alicyclic amines) is 1. The predicted molar refractivity (Wildman–Crippen MR) is 115 cm³/mol. The molecule has 0 radical (unpaired) electrons. The maximum atomic E-state index is 13.8. The van der Waals surface area contributed by atoms with Gasteiger partial charge in [0, 0.05) is 32.0 Å². The second kappa shape index (κ2) is 8.22. The second-order valence-electron chi connectivity index (χ2n) is 8.67. The van der Waals surface area contributed by atoms with Crippen LogP contribution in [0.2, 0.25) is 0 Å². The third-order valence-corrected chi connectivity index (χ3v) is 6.70. The van der Waals surface area contributed by atoms with Crippen LogP contribution in [0.3, 0.4) is 0 Å². The molecule has 3 fully saturated rings. The van der Waals surface area contributed by atoms with Crippen molar-refractivity contribution in [2.24, 2.45) is 5.73 Å². The molecule has 9 heteroatoms. The second-order valence-corrected chi connectivity index (χ2v) is 8.67. The molecule has 1 unspecified atom stereocenters. The van der Waals surface area contributed by atoms with Crippen molar-refractivity contribution in [1.82, 2.24) is 14.8 Å².